The van der Waals surface area contributed by atoms with Crippen molar-refractivity contribution in [3.05, 3.63) is 29.3 Å². The first-order valence-corrected chi connectivity index (χ1v) is 6.58. The molecule has 3 heteroatoms. The Hall–Kier alpha value is -1.06. The molecule has 1 aromatic rings. The first-order valence-electron chi connectivity index (χ1n) is 6.58. The van der Waals surface area contributed by atoms with Crippen LogP contribution < -0.4 is 10.1 Å². The molecule has 18 heavy (non-hydrogen) atoms. The zero-order valence-corrected chi connectivity index (χ0v) is 12.1. The minimum Gasteiger partial charge on any atom is -0.496 e. The van der Waals surface area contributed by atoms with E-state index >= 15 is 0 Å². The fourth-order valence-corrected chi connectivity index (χ4v) is 1.92. The molecule has 0 bridgehead atoms. The third kappa shape index (κ3) is 4.31. The smallest absolute Gasteiger partial charge is 0.123 e. The van der Waals surface area contributed by atoms with Crippen LogP contribution in [0.3, 0.4) is 0 Å². The number of benzene rings is 1. The fraction of sp³-hybridized carbons (Fsp3) is 0.600. The van der Waals surface area contributed by atoms with Crippen molar-refractivity contribution in [2.75, 3.05) is 20.3 Å². The van der Waals surface area contributed by atoms with E-state index in [2.05, 4.69) is 45.1 Å². The van der Waals surface area contributed by atoms with Crippen molar-refractivity contribution < 1.29 is 9.47 Å². The molecule has 0 heterocycles. The monoisotopic (exact) mass is 251 g/mol. The minimum atomic E-state index is 0.173. The van der Waals surface area contributed by atoms with E-state index in [1.807, 2.05) is 6.07 Å². The van der Waals surface area contributed by atoms with Crippen molar-refractivity contribution in [1.29, 1.82) is 0 Å². The topological polar surface area (TPSA) is 30.5 Å². The van der Waals surface area contributed by atoms with Gasteiger partial charge >= 0.3 is 0 Å². The second-order valence-electron chi connectivity index (χ2n) is 4.74. The Morgan fingerprint density at radius 1 is 1.28 bits per heavy atom. The number of hydrogen-bond donors (Lipinski definition) is 1. The van der Waals surface area contributed by atoms with Gasteiger partial charge in [0.05, 0.1) is 25.9 Å². The number of aryl methyl sites for hydroxylation is 1. The highest BCUT2D eigenvalue weighted by atomic mass is 16.5. The number of methoxy groups -OCH3 is 1. The molecule has 3 nitrogen and oxygen atoms in total. The molecular formula is C15H25NO2. The molecule has 0 radical (unpaired) electrons. The lowest BCUT2D eigenvalue weighted by Crippen LogP contribution is -2.27. The van der Waals surface area contributed by atoms with E-state index in [1.54, 1.807) is 7.11 Å². The maximum atomic E-state index is 5.73. The van der Waals surface area contributed by atoms with E-state index in [0.29, 0.717) is 6.61 Å². The summed E-state index contributed by atoms with van der Waals surface area (Å²) in [6, 6.07) is 6.42. The van der Waals surface area contributed by atoms with Crippen LogP contribution in [0.5, 0.6) is 5.75 Å². The summed E-state index contributed by atoms with van der Waals surface area (Å²) in [7, 11) is 1.71. The molecule has 1 rings (SSSR count). The van der Waals surface area contributed by atoms with E-state index in [1.165, 1.54) is 11.1 Å². The first-order chi connectivity index (χ1) is 8.58. The van der Waals surface area contributed by atoms with Crippen LogP contribution in [0.25, 0.3) is 0 Å². The molecule has 0 aliphatic rings. The van der Waals surface area contributed by atoms with E-state index in [4.69, 9.17) is 9.47 Å². The predicted molar refractivity (Wildman–Crippen MR) is 75.2 cm³/mol. The maximum absolute atomic E-state index is 5.73. The van der Waals surface area contributed by atoms with Gasteiger partial charge in [0.1, 0.15) is 5.75 Å². The van der Waals surface area contributed by atoms with Gasteiger partial charge in [0, 0.05) is 5.56 Å². The van der Waals surface area contributed by atoms with Gasteiger partial charge < -0.3 is 14.8 Å². The molecule has 0 aliphatic carbocycles. The normalized spacial score (nSPS) is 12.8. The number of likely N-dealkylation sites (N-methyl/N-ethyl adjacent to an activating group) is 1. The van der Waals surface area contributed by atoms with Crippen LogP contribution in [0.4, 0.5) is 0 Å². The van der Waals surface area contributed by atoms with Crippen LogP contribution in [0.1, 0.15) is 37.9 Å². The third-order valence-electron chi connectivity index (χ3n) is 2.81. The van der Waals surface area contributed by atoms with Crippen molar-refractivity contribution in [3.63, 3.8) is 0 Å². The SMILES string of the molecule is CCNC(COC(C)C)c1cc(C)ccc1OC. The van der Waals surface area contributed by atoms with Crippen LogP contribution >= 0.6 is 0 Å². The zero-order chi connectivity index (χ0) is 13.5. The molecule has 1 N–H and O–H groups in total. The number of rotatable bonds is 7. The highest BCUT2D eigenvalue weighted by Crippen LogP contribution is 2.26. The highest BCUT2D eigenvalue weighted by molar-refractivity contribution is 5.39. The summed E-state index contributed by atoms with van der Waals surface area (Å²) in [5, 5.41) is 3.45. The number of hydrogen-bond acceptors (Lipinski definition) is 3. The summed E-state index contributed by atoms with van der Waals surface area (Å²) in [6.45, 7) is 9.86. The summed E-state index contributed by atoms with van der Waals surface area (Å²) < 4.78 is 11.2. The first kappa shape index (κ1) is 15.0. The highest BCUT2D eigenvalue weighted by Gasteiger charge is 2.16. The van der Waals surface area contributed by atoms with Crippen molar-refractivity contribution >= 4 is 0 Å². The molecule has 0 aliphatic heterocycles. The summed E-state index contributed by atoms with van der Waals surface area (Å²) >= 11 is 0. The van der Waals surface area contributed by atoms with Gasteiger partial charge in [-0.1, -0.05) is 24.6 Å². The molecule has 1 atom stereocenters. The molecule has 0 spiro atoms. The molecule has 0 amide bonds. The van der Waals surface area contributed by atoms with Gasteiger partial charge in [0.25, 0.3) is 0 Å². The van der Waals surface area contributed by atoms with Gasteiger partial charge in [-0.05, 0) is 33.4 Å². The Labute approximate surface area is 110 Å². The molecule has 0 fully saturated rings. The standard InChI is InChI=1S/C15H25NO2/c1-6-16-14(10-18-11(2)3)13-9-12(4)7-8-15(13)17-5/h7-9,11,14,16H,6,10H2,1-5H3. The lowest BCUT2D eigenvalue weighted by atomic mass is 10.0. The van der Waals surface area contributed by atoms with E-state index in [9.17, 15) is 0 Å². The Morgan fingerprint density at radius 2 is 2.00 bits per heavy atom. The van der Waals surface area contributed by atoms with Gasteiger partial charge in [-0.3, -0.25) is 0 Å². The van der Waals surface area contributed by atoms with Crippen molar-refractivity contribution in [2.24, 2.45) is 0 Å². The second kappa shape index (κ2) is 7.39. The quantitative estimate of drug-likeness (QED) is 0.808. The lowest BCUT2D eigenvalue weighted by molar-refractivity contribution is 0.0609. The van der Waals surface area contributed by atoms with Gasteiger partial charge in [-0.2, -0.15) is 0 Å². The average molecular weight is 251 g/mol. The van der Waals surface area contributed by atoms with Crippen LogP contribution in [-0.2, 0) is 4.74 Å². The Bertz CT molecular complexity index is 364. The summed E-state index contributed by atoms with van der Waals surface area (Å²) in [6.07, 6.45) is 0.238. The Balaban J connectivity index is 2.92. The van der Waals surface area contributed by atoms with Crippen LogP contribution in [0.2, 0.25) is 0 Å². The number of nitrogens with one attached hydrogen (secondary N) is 1. The summed E-state index contributed by atoms with van der Waals surface area (Å²) in [4.78, 5) is 0. The maximum Gasteiger partial charge on any atom is 0.123 e. The molecule has 1 aromatic carbocycles. The predicted octanol–water partition coefficient (Wildman–Crippen LogP) is 3.08. The molecule has 0 saturated carbocycles. The lowest BCUT2D eigenvalue weighted by Gasteiger charge is -2.22. The largest absolute Gasteiger partial charge is 0.496 e. The van der Waals surface area contributed by atoms with Crippen molar-refractivity contribution in [3.8, 4) is 5.75 Å². The van der Waals surface area contributed by atoms with Gasteiger partial charge in [0.2, 0.25) is 0 Å². The van der Waals surface area contributed by atoms with Gasteiger partial charge in [-0.25, -0.2) is 0 Å². The van der Waals surface area contributed by atoms with Crippen molar-refractivity contribution in [1.82, 2.24) is 5.32 Å². The molecular weight excluding hydrogens is 226 g/mol. The van der Waals surface area contributed by atoms with E-state index in [0.717, 1.165) is 12.3 Å². The second-order valence-corrected chi connectivity index (χ2v) is 4.74. The van der Waals surface area contributed by atoms with Crippen LogP contribution in [0, 0.1) is 6.92 Å². The van der Waals surface area contributed by atoms with E-state index < -0.39 is 0 Å². The average Bonchev–Trinajstić information content (AvgIpc) is 2.34. The summed E-state index contributed by atoms with van der Waals surface area (Å²) in [5.74, 6) is 0.916. The van der Waals surface area contributed by atoms with Crippen LogP contribution in [0.15, 0.2) is 18.2 Å². The Kier molecular flexibility index (Phi) is 6.16. The summed E-state index contributed by atoms with van der Waals surface area (Å²) in [5.41, 5.74) is 2.40. The fourth-order valence-electron chi connectivity index (χ4n) is 1.92. The molecule has 0 saturated heterocycles. The molecule has 1 unspecified atom stereocenters. The van der Waals surface area contributed by atoms with Gasteiger partial charge in [-0.15, -0.1) is 0 Å². The minimum absolute atomic E-state index is 0.173. The van der Waals surface area contributed by atoms with Crippen molar-refractivity contribution in [2.45, 2.75) is 39.8 Å². The molecule has 102 valence electrons. The molecule has 0 aromatic heterocycles. The third-order valence-corrected chi connectivity index (χ3v) is 2.81. The number of ether oxygens (including phenoxy) is 2. The zero-order valence-electron chi connectivity index (χ0n) is 12.1. The van der Waals surface area contributed by atoms with Crippen LogP contribution in [-0.4, -0.2) is 26.4 Å². The van der Waals surface area contributed by atoms with Gasteiger partial charge in [0.15, 0.2) is 0 Å². The van der Waals surface area contributed by atoms with E-state index in [-0.39, 0.29) is 12.1 Å². The Morgan fingerprint density at radius 3 is 2.56 bits per heavy atom.